The first kappa shape index (κ1) is 19.1. The van der Waals surface area contributed by atoms with Crippen molar-refractivity contribution in [3.8, 4) is 5.69 Å². The first-order chi connectivity index (χ1) is 14.0. The predicted octanol–water partition coefficient (Wildman–Crippen LogP) is 2.83. The Morgan fingerprint density at radius 3 is 2.76 bits per heavy atom. The van der Waals surface area contributed by atoms with Crippen LogP contribution in [0.3, 0.4) is 0 Å². The van der Waals surface area contributed by atoms with E-state index >= 15 is 0 Å². The normalized spacial score (nSPS) is 16.1. The van der Waals surface area contributed by atoms with Crippen molar-refractivity contribution in [2.75, 3.05) is 16.0 Å². The van der Waals surface area contributed by atoms with E-state index in [2.05, 4.69) is 20.8 Å². The summed E-state index contributed by atoms with van der Waals surface area (Å²) < 4.78 is 1.61. The van der Waals surface area contributed by atoms with E-state index in [0.29, 0.717) is 16.5 Å². The average molecular weight is 408 g/mol. The van der Waals surface area contributed by atoms with Crippen molar-refractivity contribution < 1.29 is 9.59 Å². The summed E-state index contributed by atoms with van der Waals surface area (Å²) in [6.45, 7) is 3.89. The molecule has 0 spiro atoms. The zero-order valence-electron chi connectivity index (χ0n) is 16.1. The van der Waals surface area contributed by atoms with Crippen molar-refractivity contribution in [2.24, 2.45) is 0 Å². The predicted molar refractivity (Wildman–Crippen MR) is 111 cm³/mol. The third-order valence-electron chi connectivity index (χ3n) is 4.67. The molecule has 3 aromatic rings. The van der Waals surface area contributed by atoms with Gasteiger partial charge in [-0.05, 0) is 48.5 Å². The Bertz CT molecular complexity index is 1050. The Morgan fingerprint density at radius 1 is 1.21 bits per heavy atom. The summed E-state index contributed by atoms with van der Waals surface area (Å²) >= 11 is 1.27. The molecule has 8 nitrogen and oxygen atoms in total. The molecule has 0 saturated carbocycles. The molecule has 0 radical (unpaired) electrons. The summed E-state index contributed by atoms with van der Waals surface area (Å²) in [5.74, 6) is -0.0554. The minimum absolute atomic E-state index is 0.101. The maximum atomic E-state index is 13.1. The number of amides is 2. The molecule has 2 aromatic carbocycles. The van der Waals surface area contributed by atoms with Crippen LogP contribution in [0.25, 0.3) is 5.69 Å². The molecule has 1 unspecified atom stereocenters. The lowest BCUT2D eigenvalue weighted by atomic mass is 10.2. The maximum absolute atomic E-state index is 13.1. The van der Waals surface area contributed by atoms with E-state index in [1.54, 1.807) is 15.6 Å². The van der Waals surface area contributed by atoms with Crippen LogP contribution in [0.4, 0.5) is 11.4 Å². The Hall–Kier alpha value is -3.20. The van der Waals surface area contributed by atoms with Crippen molar-refractivity contribution in [2.45, 2.75) is 31.5 Å². The van der Waals surface area contributed by atoms with E-state index in [0.717, 1.165) is 11.3 Å². The van der Waals surface area contributed by atoms with Gasteiger partial charge in [-0.15, -0.1) is 5.10 Å². The number of anilines is 2. The number of nitrogens with zero attached hydrogens (tertiary/aromatic N) is 5. The minimum atomic E-state index is -0.250. The number of thioether (sulfide) groups is 1. The molecule has 148 valence electrons. The number of carbonyl (C=O) groups excluding carboxylic acids is 2. The van der Waals surface area contributed by atoms with Crippen LogP contribution >= 0.6 is 11.8 Å². The molecule has 0 saturated heterocycles. The number of nitrogens with one attached hydrogen (secondary N) is 1. The topological polar surface area (TPSA) is 93.0 Å². The van der Waals surface area contributed by atoms with E-state index in [1.807, 2.05) is 56.3 Å². The molecule has 0 aliphatic carbocycles. The highest BCUT2D eigenvalue weighted by molar-refractivity contribution is 7.99. The van der Waals surface area contributed by atoms with Crippen LogP contribution in [0, 0.1) is 6.92 Å². The van der Waals surface area contributed by atoms with Crippen molar-refractivity contribution in [1.82, 2.24) is 20.2 Å². The van der Waals surface area contributed by atoms with E-state index < -0.39 is 0 Å². The molecular formula is C20H20N6O2S. The number of benzene rings is 2. The molecule has 29 heavy (non-hydrogen) atoms. The number of tetrazole rings is 1. The Kier molecular flexibility index (Phi) is 5.30. The Labute approximate surface area is 172 Å². The van der Waals surface area contributed by atoms with Crippen LogP contribution < -0.4 is 10.2 Å². The van der Waals surface area contributed by atoms with Crippen LogP contribution in [0.5, 0.6) is 0 Å². The van der Waals surface area contributed by atoms with Crippen LogP contribution in [-0.4, -0.2) is 43.8 Å². The fraction of sp³-hybridized carbons (Fsp3) is 0.250. The van der Waals surface area contributed by atoms with Gasteiger partial charge in [0.2, 0.25) is 17.0 Å². The molecule has 9 heteroatoms. The molecule has 2 amide bonds. The molecular weight excluding hydrogens is 388 g/mol. The summed E-state index contributed by atoms with van der Waals surface area (Å²) in [4.78, 5) is 26.9. The fourth-order valence-electron chi connectivity index (χ4n) is 3.28. The summed E-state index contributed by atoms with van der Waals surface area (Å²) in [6.07, 6.45) is 0.242. The van der Waals surface area contributed by atoms with Crippen molar-refractivity contribution in [3.05, 3.63) is 54.1 Å². The van der Waals surface area contributed by atoms with Gasteiger partial charge in [-0.1, -0.05) is 41.6 Å². The number of aryl methyl sites for hydroxylation is 1. The number of rotatable bonds is 4. The number of hydrogen-bond donors (Lipinski definition) is 1. The van der Waals surface area contributed by atoms with E-state index in [1.165, 1.54) is 11.8 Å². The van der Waals surface area contributed by atoms with Crippen molar-refractivity contribution in [3.63, 3.8) is 0 Å². The molecule has 1 aliphatic rings. The largest absolute Gasteiger partial charge is 0.324 e. The van der Waals surface area contributed by atoms with Gasteiger partial charge in [0.1, 0.15) is 0 Å². The van der Waals surface area contributed by atoms with Gasteiger partial charge >= 0.3 is 0 Å². The number of fused-ring (bicyclic) bond motifs is 1. The van der Waals surface area contributed by atoms with Gasteiger partial charge in [-0.25, -0.2) is 0 Å². The second-order valence-corrected chi connectivity index (χ2v) is 7.82. The van der Waals surface area contributed by atoms with Gasteiger partial charge < -0.3 is 10.2 Å². The quantitative estimate of drug-likeness (QED) is 0.668. The summed E-state index contributed by atoms with van der Waals surface area (Å²) in [5.41, 5.74) is 3.32. The first-order valence-electron chi connectivity index (χ1n) is 9.22. The second kappa shape index (κ2) is 8.04. The summed E-state index contributed by atoms with van der Waals surface area (Å²) in [7, 11) is 0. The lowest BCUT2D eigenvalue weighted by Gasteiger charge is -2.27. The van der Waals surface area contributed by atoms with Crippen LogP contribution in [0.2, 0.25) is 0 Å². The van der Waals surface area contributed by atoms with Crippen molar-refractivity contribution >= 4 is 35.0 Å². The van der Waals surface area contributed by atoms with E-state index in [-0.39, 0.29) is 30.0 Å². The monoisotopic (exact) mass is 408 g/mol. The van der Waals surface area contributed by atoms with Crippen LogP contribution in [0.15, 0.2) is 53.7 Å². The number of para-hydroxylation sites is 2. The number of carbonyl (C=O) groups is 2. The highest BCUT2D eigenvalue weighted by Crippen LogP contribution is 2.32. The maximum Gasteiger partial charge on any atom is 0.237 e. The van der Waals surface area contributed by atoms with Gasteiger partial charge in [0.15, 0.2) is 0 Å². The zero-order valence-corrected chi connectivity index (χ0v) is 16.9. The lowest BCUT2D eigenvalue weighted by molar-refractivity contribution is -0.117. The van der Waals surface area contributed by atoms with Crippen LogP contribution in [-0.2, 0) is 9.59 Å². The zero-order chi connectivity index (χ0) is 20.4. The van der Waals surface area contributed by atoms with Gasteiger partial charge in [0.25, 0.3) is 0 Å². The molecule has 2 heterocycles. The lowest BCUT2D eigenvalue weighted by Crippen LogP contribution is -2.40. The highest BCUT2D eigenvalue weighted by Gasteiger charge is 2.29. The molecule has 1 aliphatic heterocycles. The van der Waals surface area contributed by atoms with E-state index in [9.17, 15) is 9.59 Å². The Morgan fingerprint density at radius 2 is 1.97 bits per heavy atom. The van der Waals surface area contributed by atoms with Gasteiger partial charge in [0, 0.05) is 12.5 Å². The standard InChI is InChI=1S/C20H20N6O2S/c1-13-7-9-15(10-8-13)26-20(22-23-24-26)29-12-19(28)25-14(2)11-18(27)21-16-5-3-4-6-17(16)25/h3-10,14H,11-12H2,1-2H3,(H,21,27). The summed E-state index contributed by atoms with van der Waals surface area (Å²) in [5, 5.41) is 15.2. The number of aromatic nitrogens is 4. The number of hydrogen-bond acceptors (Lipinski definition) is 6. The highest BCUT2D eigenvalue weighted by atomic mass is 32.2. The van der Waals surface area contributed by atoms with Gasteiger partial charge in [-0.3, -0.25) is 9.59 Å². The molecule has 4 rings (SSSR count). The first-order valence-corrected chi connectivity index (χ1v) is 10.2. The summed E-state index contributed by atoms with van der Waals surface area (Å²) in [6, 6.07) is 14.9. The molecule has 0 bridgehead atoms. The molecule has 1 atom stereocenters. The SMILES string of the molecule is Cc1ccc(-n2nnnc2SCC(=O)N2c3ccccc3NC(=O)CC2C)cc1. The average Bonchev–Trinajstić information content (AvgIpc) is 3.12. The van der Waals surface area contributed by atoms with Crippen LogP contribution in [0.1, 0.15) is 18.9 Å². The fourth-order valence-corrected chi connectivity index (χ4v) is 4.03. The molecule has 0 fully saturated rings. The smallest absolute Gasteiger partial charge is 0.237 e. The van der Waals surface area contributed by atoms with Crippen molar-refractivity contribution in [1.29, 1.82) is 0 Å². The van der Waals surface area contributed by atoms with Gasteiger partial charge in [-0.2, -0.15) is 4.68 Å². The minimum Gasteiger partial charge on any atom is -0.324 e. The third kappa shape index (κ3) is 4.00. The second-order valence-electron chi connectivity index (χ2n) is 6.88. The molecule has 1 aromatic heterocycles. The van der Waals surface area contributed by atoms with E-state index in [4.69, 9.17) is 0 Å². The Balaban J connectivity index is 1.54. The van der Waals surface area contributed by atoms with Gasteiger partial charge in [0.05, 0.1) is 22.8 Å². The molecule has 1 N–H and O–H groups in total. The third-order valence-corrected chi connectivity index (χ3v) is 5.58.